The second kappa shape index (κ2) is 11.8. The lowest BCUT2D eigenvalue weighted by Crippen LogP contribution is -2.14. The first kappa shape index (κ1) is 20.4. The van der Waals surface area contributed by atoms with Gasteiger partial charge in [0, 0.05) is 12.3 Å². The molecular formula is C20H30O4. The van der Waals surface area contributed by atoms with Crippen molar-refractivity contribution >= 4 is 11.8 Å². The van der Waals surface area contributed by atoms with Crippen LogP contribution in [0.25, 0.3) is 0 Å². The van der Waals surface area contributed by atoms with E-state index >= 15 is 0 Å². The number of carbonyl (C=O) groups is 2. The molecule has 0 aliphatic heterocycles. The van der Waals surface area contributed by atoms with Crippen LogP contribution in [-0.4, -0.2) is 28.1 Å². The van der Waals surface area contributed by atoms with Gasteiger partial charge in [-0.1, -0.05) is 50.1 Å². The minimum absolute atomic E-state index is 0.0558. The number of hydrogen-bond acceptors (Lipinski definition) is 3. The summed E-state index contributed by atoms with van der Waals surface area (Å²) in [5.74, 6) is -0.831. The Morgan fingerprint density at radius 2 is 2.08 bits per heavy atom. The van der Waals surface area contributed by atoms with Crippen molar-refractivity contribution in [2.45, 2.75) is 64.4 Å². The highest BCUT2D eigenvalue weighted by Crippen LogP contribution is 2.27. The molecule has 0 aromatic rings. The molecule has 1 rings (SSSR count). The van der Waals surface area contributed by atoms with Crippen LogP contribution in [0.4, 0.5) is 0 Å². The predicted octanol–water partition coefficient (Wildman–Crippen LogP) is 4.06. The summed E-state index contributed by atoms with van der Waals surface area (Å²) in [5, 5.41) is 18.5. The maximum absolute atomic E-state index is 12.0. The molecule has 0 heterocycles. The molecule has 0 radical (unpaired) electrons. The van der Waals surface area contributed by atoms with Gasteiger partial charge in [-0.2, -0.15) is 0 Å². The number of aliphatic hydroxyl groups is 1. The van der Waals surface area contributed by atoms with Crippen molar-refractivity contribution in [3.05, 3.63) is 36.5 Å². The fourth-order valence-electron chi connectivity index (χ4n) is 2.81. The van der Waals surface area contributed by atoms with Crippen LogP contribution in [0.15, 0.2) is 36.5 Å². The molecular weight excluding hydrogens is 304 g/mol. The smallest absolute Gasteiger partial charge is 0.303 e. The molecule has 1 aliphatic rings. The first-order valence-corrected chi connectivity index (χ1v) is 8.99. The third-order valence-electron chi connectivity index (χ3n) is 4.28. The van der Waals surface area contributed by atoms with Gasteiger partial charge in [-0.25, -0.2) is 0 Å². The summed E-state index contributed by atoms with van der Waals surface area (Å²) in [7, 11) is 0. The fourth-order valence-corrected chi connectivity index (χ4v) is 2.81. The Morgan fingerprint density at radius 1 is 1.29 bits per heavy atom. The largest absolute Gasteiger partial charge is 0.481 e. The molecule has 2 N–H and O–H groups in total. The van der Waals surface area contributed by atoms with Crippen molar-refractivity contribution in [3.63, 3.8) is 0 Å². The average Bonchev–Trinajstić information content (AvgIpc) is 2.88. The van der Waals surface area contributed by atoms with Gasteiger partial charge in [0.25, 0.3) is 0 Å². The van der Waals surface area contributed by atoms with E-state index in [0.29, 0.717) is 12.8 Å². The van der Waals surface area contributed by atoms with E-state index in [9.17, 15) is 14.7 Å². The Bertz CT molecular complexity index is 476. The van der Waals surface area contributed by atoms with Crippen LogP contribution < -0.4 is 0 Å². The highest BCUT2D eigenvalue weighted by atomic mass is 16.4. The number of aliphatic hydroxyl groups excluding tert-OH is 1. The summed E-state index contributed by atoms with van der Waals surface area (Å²) in [6.45, 7) is 2.19. The van der Waals surface area contributed by atoms with Crippen molar-refractivity contribution < 1.29 is 19.8 Å². The number of allylic oxidation sites excluding steroid dienone is 5. The Hall–Kier alpha value is -1.68. The van der Waals surface area contributed by atoms with Crippen molar-refractivity contribution in [2.75, 3.05) is 0 Å². The lowest BCUT2D eigenvalue weighted by atomic mass is 9.90. The fraction of sp³-hybridized carbons (Fsp3) is 0.600. The van der Waals surface area contributed by atoms with Crippen LogP contribution in [0.5, 0.6) is 0 Å². The van der Waals surface area contributed by atoms with Crippen LogP contribution in [-0.2, 0) is 9.59 Å². The van der Waals surface area contributed by atoms with E-state index in [1.807, 2.05) is 6.08 Å². The summed E-state index contributed by atoms with van der Waals surface area (Å²) < 4.78 is 0. The van der Waals surface area contributed by atoms with Crippen LogP contribution in [0.2, 0.25) is 0 Å². The average molecular weight is 334 g/mol. The zero-order valence-corrected chi connectivity index (χ0v) is 14.6. The van der Waals surface area contributed by atoms with Gasteiger partial charge in [-0.15, -0.1) is 0 Å². The Morgan fingerprint density at radius 3 is 2.79 bits per heavy atom. The monoisotopic (exact) mass is 334 g/mol. The zero-order valence-electron chi connectivity index (χ0n) is 14.6. The molecule has 3 atom stereocenters. The third kappa shape index (κ3) is 8.25. The van der Waals surface area contributed by atoms with Gasteiger partial charge in [-0.3, -0.25) is 9.59 Å². The molecule has 4 heteroatoms. The molecule has 0 saturated heterocycles. The molecule has 1 aliphatic carbocycles. The summed E-state index contributed by atoms with van der Waals surface area (Å²) in [4.78, 5) is 22.4. The number of aliphatic carboxylic acids is 1. The van der Waals surface area contributed by atoms with E-state index in [-0.39, 0.29) is 24.0 Å². The van der Waals surface area contributed by atoms with E-state index in [1.54, 1.807) is 18.2 Å². The van der Waals surface area contributed by atoms with Crippen LogP contribution in [0, 0.1) is 11.8 Å². The Labute approximate surface area is 145 Å². The number of carbonyl (C=O) groups excluding carboxylic acids is 1. The summed E-state index contributed by atoms with van der Waals surface area (Å²) in [5.41, 5.74) is 0. The number of carboxylic acids is 1. The standard InChI is InChI=1S/C20H30O4/c1-2-3-4-5-6-7-9-16-12-15-19(22)18(16)14-13-17(21)10-8-11-20(23)24/h6-7,12-18,21H,2-5,8-11H2,1H3,(H,23,24)/b7-6-,14-13+/t16-,17-,18+/m0/s1. The summed E-state index contributed by atoms with van der Waals surface area (Å²) in [6, 6.07) is 0. The molecule has 4 nitrogen and oxygen atoms in total. The normalized spacial score (nSPS) is 22.0. The van der Waals surface area contributed by atoms with Crippen LogP contribution in [0.3, 0.4) is 0 Å². The number of rotatable bonds is 12. The molecule has 0 aromatic carbocycles. The molecule has 0 saturated carbocycles. The molecule has 134 valence electrons. The van der Waals surface area contributed by atoms with Gasteiger partial charge in [0.1, 0.15) is 0 Å². The summed E-state index contributed by atoms with van der Waals surface area (Å²) in [6.07, 6.45) is 17.1. The van der Waals surface area contributed by atoms with Crippen LogP contribution >= 0.6 is 0 Å². The van der Waals surface area contributed by atoms with Crippen LogP contribution in [0.1, 0.15) is 58.3 Å². The first-order valence-electron chi connectivity index (χ1n) is 8.99. The Balaban J connectivity index is 2.39. The van der Waals surface area contributed by atoms with Gasteiger partial charge in [-0.05, 0) is 44.1 Å². The first-order chi connectivity index (χ1) is 11.5. The Kier molecular flexibility index (Phi) is 10.0. The highest BCUT2D eigenvalue weighted by Gasteiger charge is 2.26. The maximum atomic E-state index is 12.0. The quantitative estimate of drug-likeness (QED) is 0.417. The summed E-state index contributed by atoms with van der Waals surface area (Å²) >= 11 is 0. The SMILES string of the molecule is CCCCC/C=C\C[C@H]1C=CC(=O)[C@@H]1/C=C/[C@@H](O)CCCC(=O)O. The van der Waals surface area contributed by atoms with E-state index in [4.69, 9.17) is 5.11 Å². The lowest BCUT2D eigenvalue weighted by molar-refractivity contribution is -0.137. The van der Waals surface area contributed by atoms with Crippen molar-refractivity contribution in [1.29, 1.82) is 0 Å². The minimum Gasteiger partial charge on any atom is -0.481 e. The maximum Gasteiger partial charge on any atom is 0.303 e. The van der Waals surface area contributed by atoms with E-state index in [1.165, 1.54) is 19.3 Å². The highest BCUT2D eigenvalue weighted by molar-refractivity contribution is 5.95. The second-order valence-corrected chi connectivity index (χ2v) is 6.39. The van der Waals surface area contributed by atoms with E-state index in [2.05, 4.69) is 19.1 Å². The number of ketones is 1. The molecule has 0 unspecified atom stereocenters. The number of hydrogen-bond donors (Lipinski definition) is 2. The molecule has 0 aromatic heterocycles. The topological polar surface area (TPSA) is 74.6 Å². The van der Waals surface area contributed by atoms with E-state index in [0.717, 1.165) is 12.8 Å². The van der Waals surface area contributed by atoms with Crippen molar-refractivity contribution in [3.8, 4) is 0 Å². The second-order valence-electron chi connectivity index (χ2n) is 6.39. The van der Waals surface area contributed by atoms with Gasteiger partial charge < -0.3 is 10.2 Å². The van der Waals surface area contributed by atoms with Gasteiger partial charge >= 0.3 is 5.97 Å². The van der Waals surface area contributed by atoms with Crippen molar-refractivity contribution in [1.82, 2.24) is 0 Å². The van der Waals surface area contributed by atoms with Gasteiger partial charge in [0.15, 0.2) is 5.78 Å². The van der Waals surface area contributed by atoms with Crippen molar-refractivity contribution in [2.24, 2.45) is 11.8 Å². The minimum atomic E-state index is -0.855. The van der Waals surface area contributed by atoms with E-state index < -0.39 is 12.1 Å². The predicted molar refractivity (Wildman–Crippen MR) is 95.7 cm³/mol. The molecule has 0 bridgehead atoms. The molecule has 0 fully saturated rings. The zero-order chi connectivity index (χ0) is 17.8. The number of carboxylic acid groups (broad SMARTS) is 1. The number of unbranched alkanes of at least 4 members (excludes halogenated alkanes) is 3. The molecule has 0 spiro atoms. The molecule has 24 heavy (non-hydrogen) atoms. The third-order valence-corrected chi connectivity index (χ3v) is 4.28. The lowest BCUT2D eigenvalue weighted by Gasteiger charge is -2.13. The van der Waals surface area contributed by atoms with Gasteiger partial charge in [0.2, 0.25) is 0 Å². The van der Waals surface area contributed by atoms with Gasteiger partial charge in [0.05, 0.1) is 6.10 Å². The molecule has 0 amide bonds.